The van der Waals surface area contributed by atoms with Crippen LogP contribution in [-0.4, -0.2) is 25.3 Å². The monoisotopic (exact) mass is 291 g/mol. The van der Waals surface area contributed by atoms with E-state index in [1.54, 1.807) is 39.3 Å². The van der Waals surface area contributed by atoms with E-state index in [2.05, 4.69) is 5.32 Å². The number of anilines is 1. The number of methoxy groups -OCH3 is 2. The van der Waals surface area contributed by atoms with Crippen LogP contribution in [0.4, 0.5) is 5.69 Å². The summed E-state index contributed by atoms with van der Waals surface area (Å²) in [5.74, 6) is 0.720. The van der Waals surface area contributed by atoms with Crippen molar-refractivity contribution in [1.29, 1.82) is 0 Å². The van der Waals surface area contributed by atoms with Gasteiger partial charge in [-0.1, -0.05) is 0 Å². The van der Waals surface area contributed by atoms with Crippen LogP contribution in [0.15, 0.2) is 28.7 Å². The molecular weight excluding hydrogens is 274 g/mol. The normalized spacial score (nSPS) is 10.2. The fourth-order valence-corrected chi connectivity index (χ4v) is 1.98. The van der Waals surface area contributed by atoms with Crippen LogP contribution in [0.3, 0.4) is 0 Å². The summed E-state index contributed by atoms with van der Waals surface area (Å²) < 4.78 is 15.7. The zero-order valence-corrected chi connectivity index (χ0v) is 12.1. The molecule has 0 saturated heterocycles. The number of nitrogens with one attached hydrogen (secondary N) is 1. The van der Waals surface area contributed by atoms with Crippen molar-refractivity contribution in [2.45, 2.75) is 13.5 Å². The van der Waals surface area contributed by atoms with Gasteiger partial charge in [0.1, 0.15) is 5.76 Å². The summed E-state index contributed by atoms with van der Waals surface area (Å²) in [6.07, 6.45) is 0. The third-order valence-electron chi connectivity index (χ3n) is 3.01. The smallest absolute Gasteiger partial charge is 0.372 e. The zero-order chi connectivity index (χ0) is 15.4. The Morgan fingerprint density at radius 3 is 2.52 bits per heavy atom. The highest BCUT2D eigenvalue weighted by atomic mass is 16.5. The van der Waals surface area contributed by atoms with Gasteiger partial charge in [0, 0.05) is 17.3 Å². The van der Waals surface area contributed by atoms with Gasteiger partial charge in [0.05, 0.1) is 20.8 Å². The molecule has 0 unspecified atom stereocenters. The van der Waals surface area contributed by atoms with Crippen LogP contribution in [0.25, 0.3) is 0 Å². The van der Waals surface area contributed by atoms with Crippen molar-refractivity contribution in [3.63, 3.8) is 0 Å². The number of ether oxygens (including phenoxy) is 2. The van der Waals surface area contributed by atoms with Gasteiger partial charge in [-0.15, -0.1) is 0 Å². The lowest BCUT2D eigenvalue weighted by molar-refractivity contribution is 0.0659. The number of carboxylic acid groups (broad SMARTS) is 1. The van der Waals surface area contributed by atoms with Crippen LogP contribution in [0.5, 0.6) is 11.5 Å². The van der Waals surface area contributed by atoms with Crippen molar-refractivity contribution in [3.8, 4) is 11.5 Å². The molecular formula is C15H17NO5. The Labute approximate surface area is 122 Å². The molecule has 6 heteroatoms. The molecule has 21 heavy (non-hydrogen) atoms. The molecule has 1 aromatic carbocycles. The standard InChI is InChI=1S/C15H17NO5/c1-9-6-11(21-14(9)15(17)18)8-16-10-4-5-12(19-2)13(7-10)20-3/h4-7,16H,8H2,1-3H3,(H,17,18). The fourth-order valence-electron chi connectivity index (χ4n) is 1.98. The second kappa shape index (κ2) is 6.21. The van der Waals surface area contributed by atoms with E-state index in [-0.39, 0.29) is 5.76 Å². The number of carboxylic acids is 1. The average molecular weight is 291 g/mol. The highest BCUT2D eigenvalue weighted by molar-refractivity contribution is 5.86. The quantitative estimate of drug-likeness (QED) is 0.851. The molecule has 0 fully saturated rings. The second-order valence-electron chi connectivity index (χ2n) is 4.45. The maximum atomic E-state index is 10.9. The average Bonchev–Trinajstić information content (AvgIpc) is 2.86. The summed E-state index contributed by atoms with van der Waals surface area (Å²) in [7, 11) is 3.14. The lowest BCUT2D eigenvalue weighted by Crippen LogP contribution is -1.99. The van der Waals surface area contributed by atoms with Gasteiger partial charge in [-0.25, -0.2) is 4.79 Å². The Morgan fingerprint density at radius 2 is 1.95 bits per heavy atom. The highest BCUT2D eigenvalue weighted by Crippen LogP contribution is 2.30. The minimum Gasteiger partial charge on any atom is -0.493 e. The maximum Gasteiger partial charge on any atom is 0.372 e. The molecule has 0 amide bonds. The predicted molar refractivity (Wildman–Crippen MR) is 77.3 cm³/mol. The number of benzene rings is 1. The van der Waals surface area contributed by atoms with Gasteiger partial charge in [0.25, 0.3) is 0 Å². The van der Waals surface area contributed by atoms with E-state index in [9.17, 15) is 4.79 Å². The van der Waals surface area contributed by atoms with E-state index in [4.69, 9.17) is 19.0 Å². The number of hydrogen-bond acceptors (Lipinski definition) is 5. The third kappa shape index (κ3) is 3.28. The number of rotatable bonds is 6. The molecule has 2 aromatic rings. The van der Waals surface area contributed by atoms with Crippen LogP contribution < -0.4 is 14.8 Å². The highest BCUT2D eigenvalue weighted by Gasteiger charge is 2.14. The van der Waals surface area contributed by atoms with Crippen LogP contribution in [0, 0.1) is 6.92 Å². The number of aryl methyl sites for hydroxylation is 1. The Morgan fingerprint density at radius 1 is 1.24 bits per heavy atom. The molecule has 0 spiro atoms. The molecule has 6 nitrogen and oxygen atoms in total. The van der Waals surface area contributed by atoms with Crippen molar-refractivity contribution in [1.82, 2.24) is 0 Å². The maximum absolute atomic E-state index is 10.9. The number of hydrogen-bond donors (Lipinski definition) is 2. The van der Waals surface area contributed by atoms with E-state index in [0.29, 0.717) is 29.4 Å². The molecule has 0 atom stereocenters. The van der Waals surface area contributed by atoms with Gasteiger partial charge >= 0.3 is 5.97 Å². The van der Waals surface area contributed by atoms with Gasteiger partial charge in [-0.2, -0.15) is 0 Å². The van der Waals surface area contributed by atoms with Crippen LogP contribution in [0.2, 0.25) is 0 Å². The summed E-state index contributed by atoms with van der Waals surface area (Å²) >= 11 is 0. The summed E-state index contributed by atoms with van der Waals surface area (Å²) in [5.41, 5.74) is 1.42. The summed E-state index contributed by atoms with van der Waals surface area (Å²) in [6.45, 7) is 2.08. The first kappa shape index (κ1) is 14.8. The van der Waals surface area contributed by atoms with E-state index in [1.165, 1.54) is 0 Å². The van der Waals surface area contributed by atoms with Crippen LogP contribution >= 0.6 is 0 Å². The summed E-state index contributed by atoms with van der Waals surface area (Å²) in [6, 6.07) is 7.14. The second-order valence-corrected chi connectivity index (χ2v) is 4.45. The van der Waals surface area contributed by atoms with E-state index in [0.717, 1.165) is 5.69 Å². The molecule has 0 saturated carbocycles. The lowest BCUT2D eigenvalue weighted by atomic mass is 10.2. The first-order valence-corrected chi connectivity index (χ1v) is 6.33. The first-order valence-electron chi connectivity index (χ1n) is 6.33. The van der Waals surface area contributed by atoms with E-state index < -0.39 is 5.97 Å². The molecule has 1 aromatic heterocycles. The van der Waals surface area contributed by atoms with Crippen molar-refractivity contribution in [2.75, 3.05) is 19.5 Å². The first-order chi connectivity index (χ1) is 10.0. The Kier molecular flexibility index (Phi) is 4.37. The lowest BCUT2D eigenvalue weighted by Gasteiger charge is -2.10. The topological polar surface area (TPSA) is 80.9 Å². The Hall–Kier alpha value is -2.63. The van der Waals surface area contributed by atoms with Gasteiger partial charge < -0.3 is 24.3 Å². The molecule has 112 valence electrons. The minimum absolute atomic E-state index is 0.0286. The predicted octanol–water partition coefficient (Wildman–Crippen LogP) is 2.92. The molecule has 0 radical (unpaired) electrons. The number of furan rings is 1. The molecule has 0 bridgehead atoms. The van der Waals surface area contributed by atoms with Gasteiger partial charge in [-0.3, -0.25) is 0 Å². The van der Waals surface area contributed by atoms with Gasteiger partial charge in [-0.05, 0) is 25.1 Å². The zero-order valence-electron chi connectivity index (χ0n) is 12.1. The van der Waals surface area contributed by atoms with Crippen molar-refractivity contribution in [2.24, 2.45) is 0 Å². The third-order valence-corrected chi connectivity index (χ3v) is 3.01. The summed E-state index contributed by atoms with van der Waals surface area (Å²) in [4.78, 5) is 10.9. The summed E-state index contributed by atoms with van der Waals surface area (Å²) in [5, 5.41) is 12.1. The van der Waals surface area contributed by atoms with Gasteiger partial charge in [0.2, 0.25) is 5.76 Å². The molecule has 0 aliphatic carbocycles. The van der Waals surface area contributed by atoms with Crippen LogP contribution in [-0.2, 0) is 6.54 Å². The molecule has 1 heterocycles. The van der Waals surface area contributed by atoms with E-state index in [1.807, 2.05) is 6.07 Å². The number of aromatic carboxylic acids is 1. The van der Waals surface area contributed by atoms with Crippen molar-refractivity contribution in [3.05, 3.63) is 41.3 Å². The Balaban J connectivity index is 2.09. The molecule has 2 rings (SSSR count). The minimum atomic E-state index is -1.06. The largest absolute Gasteiger partial charge is 0.493 e. The SMILES string of the molecule is COc1ccc(NCc2cc(C)c(C(=O)O)o2)cc1OC. The molecule has 2 N–H and O–H groups in total. The van der Waals surface area contributed by atoms with Crippen LogP contribution in [0.1, 0.15) is 21.9 Å². The van der Waals surface area contributed by atoms with Gasteiger partial charge in [0.15, 0.2) is 11.5 Å². The molecule has 0 aliphatic heterocycles. The Bertz CT molecular complexity index is 648. The fraction of sp³-hybridized carbons (Fsp3) is 0.267. The molecule has 0 aliphatic rings. The number of carbonyl (C=O) groups is 1. The van der Waals surface area contributed by atoms with E-state index >= 15 is 0 Å². The van der Waals surface area contributed by atoms with Crippen molar-refractivity contribution >= 4 is 11.7 Å². The van der Waals surface area contributed by atoms with Crippen molar-refractivity contribution < 1.29 is 23.8 Å².